The molecule has 2 saturated carbocycles. The Kier molecular flexibility index (Phi) is 3.29. The van der Waals surface area contributed by atoms with Crippen molar-refractivity contribution < 1.29 is 9.90 Å². The van der Waals surface area contributed by atoms with Crippen LogP contribution in [0.15, 0.2) is 0 Å². The average Bonchev–Trinajstić information content (AvgIpc) is 2.83. The summed E-state index contributed by atoms with van der Waals surface area (Å²) < 4.78 is 0. The monoisotopic (exact) mass is 211 g/mol. The van der Waals surface area contributed by atoms with Crippen molar-refractivity contribution in [3.8, 4) is 0 Å². The van der Waals surface area contributed by atoms with Gasteiger partial charge in [0.25, 0.3) is 0 Å². The molecule has 2 rings (SSSR count). The molecule has 0 aliphatic heterocycles. The van der Waals surface area contributed by atoms with E-state index in [2.05, 4.69) is 5.32 Å². The number of carbonyl (C=O) groups is 1. The molecule has 2 N–H and O–H groups in total. The summed E-state index contributed by atoms with van der Waals surface area (Å²) in [6.45, 7) is 2.47. The summed E-state index contributed by atoms with van der Waals surface area (Å²) in [6.07, 6.45) is 4.89. The second-order valence-electron chi connectivity index (χ2n) is 5.11. The number of hydrogen-bond donors (Lipinski definition) is 2. The van der Waals surface area contributed by atoms with Crippen LogP contribution in [0.5, 0.6) is 0 Å². The van der Waals surface area contributed by atoms with Gasteiger partial charge in [-0.1, -0.05) is 13.3 Å². The first-order chi connectivity index (χ1) is 7.20. The summed E-state index contributed by atoms with van der Waals surface area (Å²) in [4.78, 5) is 11.7. The maximum absolute atomic E-state index is 11.7. The summed E-state index contributed by atoms with van der Waals surface area (Å²) in [5.74, 6) is 2.10. The summed E-state index contributed by atoms with van der Waals surface area (Å²) >= 11 is 0. The average molecular weight is 211 g/mol. The molecule has 0 bridgehead atoms. The third kappa shape index (κ3) is 2.71. The van der Waals surface area contributed by atoms with E-state index in [1.54, 1.807) is 0 Å². The lowest BCUT2D eigenvalue weighted by Crippen LogP contribution is -2.35. The Hall–Kier alpha value is -0.570. The Morgan fingerprint density at radius 2 is 2.07 bits per heavy atom. The number of rotatable bonds is 5. The number of amides is 1. The van der Waals surface area contributed by atoms with Crippen LogP contribution in [-0.2, 0) is 4.79 Å². The lowest BCUT2D eigenvalue weighted by Gasteiger charge is -2.14. The largest absolute Gasteiger partial charge is 0.391 e. The highest BCUT2D eigenvalue weighted by Gasteiger charge is 2.47. The summed E-state index contributed by atoms with van der Waals surface area (Å²) in [6, 6.07) is 0. The molecule has 0 aromatic heterocycles. The zero-order chi connectivity index (χ0) is 10.8. The topological polar surface area (TPSA) is 49.3 Å². The third-order valence-electron chi connectivity index (χ3n) is 3.75. The van der Waals surface area contributed by atoms with Crippen molar-refractivity contribution in [2.75, 3.05) is 6.54 Å². The van der Waals surface area contributed by atoms with E-state index in [0.717, 1.165) is 37.5 Å². The molecule has 3 heteroatoms. The first-order valence-electron chi connectivity index (χ1n) is 6.16. The fraction of sp³-hybridized carbons (Fsp3) is 0.917. The van der Waals surface area contributed by atoms with Crippen molar-refractivity contribution in [2.45, 2.75) is 45.1 Å². The molecule has 1 amide bonds. The van der Waals surface area contributed by atoms with Crippen LogP contribution in [-0.4, -0.2) is 23.7 Å². The number of hydrogen-bond acceptors (Lipinski definition) is 2. The van der Waals surface area contributed by atoms with Crippen molar-refractivity contribution in [1.29, 1.82) is 0 Å². The van der Waals surface area contributed by atoms with Crippen molar-refractivity contribution in [2.24, 2.45) is 17.8 Å². The summed E-state index contributed by atoms with van der Waals surface area (Å²) in [7, 11) is 0. The molecule has 3 unspecified atom stereocenters. The van der Waals surface area contributed by atoms with Gasteiger partial charge in [0.2, 0.25) is 5.91 Å². The Morgan fingerprint density at radius 3 is 2.67 bits per heavy atom. The van der Waals surface area contributed by atoms with Crippen molar-refractivity contribution in [3.05, 3.63) is 0 Å². The molecular formula is C12H21NO2. The Morgan fingerprint density at radius 1 is 1.40 bits per heavy atom. The molecule has 2 fully saturated rings. The van der Waals surface area contributed by atoms with Crippen molar-refractivity contribution in [1.82, 2.24) is 5.32 Å². The minimum Gasteiger partial charge on any atom is -0.391 e. The molecule has 3 atom stereocenters. The summed E-state index contributed by atoms with van der Waals surface area (Å²) in [5.41, 5.74) is 0. The molecule has 0 spiro atoms. The van der Waals surface area contributed by atoms with Crippen LogP contribution >= 0.6 is 0 Å². The predicted molar refractivity (Wildman–Crippen MR) is 58.2 cm³/mol. The minimum atomic E-state index is -0.366. The number of aliphatic hydroxyl groups is 1. The third-order valence-corrected chi connectivity index (χ3v) is 3.75. The summed E-state index contributed by atoms with van der Waals surface area (Å²) in [5, 5.41) is 12.3. The molecule has 15 heavy (non-hydrogen) atoms. The van der Waals surface area contributed by atoms with Gasteiger partial charge in [-0.25, -0.2) is 0 Å². The first-order valence-corrected chi connectivity index (χ1v) is 6.16. The highest BCUT2D eigenvalue weighted by atomic mass is 16.3. The second kappa shape index (κ2) is 4.52. The van der Waals surface area contributed by atoms with Gasteiger partial charge in [-0.15, -0.1) is 0 Å². The molecule has 0 aromatic carbocycles. The van der Waals surface area contributed by atoms with E-state index in [0.29, 0.717) is 6.54 Å². The predicted octanol–water partition coefficient (Wildman–Crippen LogP) is 1.31. The standard InChI is InChI=1S/C12H21NO2/c1-2-3-11(14)7-13-12(15)10-5-8-4-9(8)6-10/h8-11,14H,2-7H2,1H3,(H,13,15). The smallest absolute Gasteiger partial charge is 0.223 e. The van der Waals surface area contributed by atoms with Gasteiger partial charge in [-0.3, -0.25) is 4.79 Å². The quantitative estimate of drug-likeness (QED) is 0.720. The van der Waals surface area contributed by atoms with Crippen LogP contribution in [0, 0.1) is 17.8 Å². The van der Waals surface area contributed by atoms with Crippen LogP contribution in [0.2, 0.25) is 0 Å². The van der Waals surface area contributed by atoms with Gasteiger partial charge < -0.3 is 10.4 Å². The minimum absolute atomic E-state index is 0.164. The SMILES string of the molecule is CCCC(O)CNC(=O)C1CC2CC2C1. The van der Waals surface area contributed by atoms with E-state index in [1.807, 2.05) is 6.92 Å². The Balaban J connectivity index is 1.64. The van der Waals surface area contributed by atoms with Crippen molar-refractivity contribution >= 4 is 5.91 Å². The van der Waals surface area contributed by atoms with Gasteiger partial charge in [0.15, 0.2) is 0 Å². The highest BCUT2D eigenvalue weighted by molar-refractivity contribution is 5.79. The van der Waals surface area contributed by atoms with E-state index in [9.17, 15) is 9.90 Å². The van der Waals surface area contributed by atoms with Gasteiger partial charge in [0, 0.05) is 12.5 Å². The second-order valence-corrected chi connectivity index (χ2v) is 5.11. The lowest BCUT2D eigenvalue weighted by atomic mass is 10.0. The van der Waals surface area contributed by atoms with E-state index in [1.165, 1.54) is 6.42 Å². The molecular weight excluding hydrogens is 190 g/mol. The maximum atomic E-state index is 11.7. The number of aliphatic hydroxyl groups excluding tert-OH is 1. The molecule has 0 heterocycles. The molecule has 0 aromatic rings. The van der Waals surface area contributed by atoms with Crippen molar-refractivity contribution in [3.63, 3.8) is 0 Å². The van der Waals surface area contributed by atoms with Gasteiger partial charge in [-0.05, 0) is 37.5 Å². The van der Waals surface area contributed by atoms with Crippen LogP contribution in [0.3, 0.4) is 0 Å². The first kappa shape index (κ1) is 10.9. The molecule has 86 valence electrons. The van der Waals surface area contributed by atoms with Gasteiger partial charge in [-0.2, -0.15) is 0 Å². The number of carbonyl (C=O) groups excluding carboxylic acids is 1. The van der Waals surface area contributed by atoms with Crippen LogP contribution < -0.4 is 5.32 Å². The molecule has 2 aliphatic carbocycles. The molecule has 2 aliphatic rings. The van der Waals surface area contributed by atoms with Crippen LogP contribution in [0.25, 0.3) is 0 Å². The maximum Gasteiger partial charge on any atom is 0.223 e. The zero-order valence-corrected chi connectivity index (χ0v) is 9.41. The molecule has 0 saturated heterocycles. The number of nitrogens with one attached hydrogen (secondary N) is 1. The van der Waals surface area contributed by atoms with E-state index in [-0.39, 0.29) is 17.9 Å². The zero-order valence-electron chi connectivity index (χ0n) is 9.41. The van der Waals surface area contributed by atoms with Crippen LogP contribution in [0.1, 0.15) is 39.0 Å². The van der Waals surface area contributed by atoms with Gasteiger partial charge in [0.05, 0.1) is 6.10 Å². The fourth-order valence-corrected chi connectivity index (χ4v) is 2.73. The molecule has 0 radical (unpaired) electrons. The normalized spacial score (nSPS) is 34.7. The molecule has 3 nitrogen and oxygen atoms in total. The van der Waals surface area contributed by atoms with E-state index in [4.69, 9.17) is 0 Å². The fourth-order valence-electron chi connectivity index (χ4n) is 2.73. The van der Waals surface area contributed by atoms with Gasteiger partial charge >= 0.3 is 0 Å². The highest BCUT2D eigenvalue weighted by Crippen LogP contribution is 2.54. The van der Waals surface area contributed by atoms with Crippen LogP contribution in [0.4, 0.5) is 0 Å². The lowest BCUT2D eigenvalue weighted by molar-refractivity contribution is -0.125. The Labute approximate surface area is 91.2 Å². The van der Waals surface area contributed by atoms with E-state index >= 15 is 0 Å². The number of fused-ring (bicyclic) bond motifs is 1. The van der Waals surface area contributed by atoms with Gasteiger partial charge in [0.1, 0.15) is 0 Å². The van der Waals surface area contributed by atoms with E-state index < -0.39 is 0 Å². The Bertz CT molecular complexity index is 232.